The smallest absolute Gasteiger partial charge is 0.272 e. The number of hydrogen-bond acceptors (Lipinski definition) is 3. The van der Waals surface area contributed by atoms with Gasteiger partial charge in [-0.15, -0.1) is 0 Å². The standard InChI is InChI=1S/C18H14BrCl2FN2O3/c19-17(12-3-1-2-4-15(12)22)10-5-6-16(25)23(9-10)18-13(20)7-11(24(26)27)8-14(18)21/h1-4,7-8,10,17H,5-6,9H2/t10-,17+/m0/s1. The number of piperidine rings is 1. The summed E-state index contributed by atoms with van der Waals surface area (Å²) in [5.41, 5.74) is 0.504. The second-order valence-electron chi connectivity index (χ2n) is 6.24. The molecule has 1 saturated heterocycles. The van der Waals surface area contributed by atoms with Gasteiger partial charge in [0.2, 0.25) is 5.91 Å². The van der Waals surface area contributed by atoms with E-state index < -0.39 is 4.92 Å². The molecule has 0 saturated carbocycles. The van der Waals surface area contributed by atoms with Crippen LogP contribution in [0.2, 0.25) is 10.0 Å². The lowest BCUT2D eigenvalue weighted by atomic mass is 9.90. The number of carbonyl (C=O) groups is 1. The second-order valence-corrected chi connectivity index (χ2v) is 8.04. The predicted molar refractivity (Wildman–Crippen MR) is 106 cm³/mol. The zero-order valence-electron chi connectivity index (χ0n) is 13.9. The van der Waals surface area contributed by atoms with E-state index in [-0.39, 0.29) is 56.9 Å². The molecule has 27 heavy (non-hydrogen) atoms. The fourth-order valence-corrected chi connectivity index (χ4v) is 4.68. The molecule has 0 aromatic heterocycles. The average Bonchev–Trinajstić information content (AvgIpc) is 2.62. The van der Waals surface area contributed by atoms with Crippen LogP contribution < -0.4 is 4.90 Å². The van der Waals surface area contributed by atoms with Crippen molar-refractivity contribution in [3.05, 3.63) is 67.9 Å². The number of halogens is 4. The maximum atomic E-state index is 14.1. The molecule has 3 rings (SSSR count). The Morgan fingerprint density at radius 3 is 2.48 bits per heavy atom. The van der Waals surface area contributed by atoms with Crippen molar-refractivity contribution in [2.45, 2.75) is 17.7 Å². The lowest BCUT2D eigenvalue weighted by Crippen LogP contribution is -2.41. The van der Waals surface area contributed by atoms with Crippen LogP contribution in [-0.2, 0) is 4.79 Å². The lowest BCUT2D eigenvalue weighted by Gasteiger charge is -2.36. The van der Waals surface area contributed by atoms with Crippen LogP contribution in [0.3, 0.4) is 0 Å². The van der Waals surface area contributed by atoms with Crippen LogP contribution >= 0.6 is 39.1 Å². The van der Waals surface area contributed by atoms with Gasteiger partial charge in [-0.3, -0.25) is 14.9 Å². The van der Waals surface area contributed by atoms with Crippen molar-refractivity contribution in [3.63, 3.8) is 0 Å². The van der Waals surface area contributed by atoms with Gasteiger partial charge in [0.25, 0.3) is 5.69 Å². The van der Waals surface area contributed by atoms with E-state index in [2.05, 4.69) is 15.9 Å². The Kier molecular flexibility index (Phi) is 6.03. The lowest BCUT2D eigenvalue weighted by molar-refractivity contribution is -0.384. The molecular weight excluding hydrogens is 462 g/mol. The minimum Gasteiger partial charge on any atom is -0.309 e. The summed E-state index contributed by atoms with van der Waals surface area (Å²) in [7, 11) is 0. The van der Waals surface area contributed by atoms with E-state index in [0.717, 1.165) is 0 Å². The number of benzene rings is 2. The van der Waals surface area contributed by atoms with Crippen LogP contribution in [0, 0.1) is 21.8 Å². The van der Waals surface area contributed by atoms with Crippen molar-refractivity contribution in [2.24, 2.45) is 5.92 Å². The minimum absolute atomic E-state index is 0.0280. The molecule has 2 aromatic rings. The third-order valence-corrected chi connectivity index (χ3v) is 6.36. The molecule has 1 heterocycles. The summed E-state index contributed by atoms with van der Waals surface area (Å²) in [5, 5.41) is 11.0. The molecule has 0 radical (unpaired) electrons. The topological polar surface area (TPSA) is 63.5 Å². The van der Waals surface area contributed by atoms with E-state index in [1.54, 1.807) is 18.2 Å². The maximum Gasteiger partial charge on any atom is 0.272 e. The van der Waals surface area contributed by atoms with Crippen molar-refractivity contribution in [2.75, 3.05) is 11.4 Å². The van der Waals surface area contributed by atoms with Gasteiger partial charge in [0, 0.05) is 35.5 Å². The molecule has 1 fully saturated rings. The number of amides is 1. The van der Waals surface area contributed by atoms with Crippen LogP contribution in [-0.4, -0.2) is 17.4 Å². The van der Waals surface area contributed by atoms with Gasteiger partial charge in [0.05, 0.1) is 20.7 Å². The number of rotatable bonds is 4. The molecule has 0 N–H and O–H groups in total. The molecule has 142 valence electrons. The molecule has 5 nitrogen and oxygen atoms in total. The normalized spacial score (nSPS) is 18.4. The largest absolute Gasteiger partial charge is 0.309 e. The molecular formula is C18H14BrCl2FN2O3. The second kappa shape index (κ2) is 8.12. The number of alkyl halides is 1. The highest BCUT2D eigenvalue weighted by Gasteiger charge is 2.34. The number of nitro benzene ring substituents is 1. The highest BCUT2D eigenvalue weighted by Crippen LogP contribution is 2.43. The maximum absolute atomic E-state index is 14.1. The summed E-state index contributed by atoms with van der Waals surface area (Å²) in [5.74, 6) is -0.590. The van der Waals surface area contributed by atoms with E-state index in [4.69, 9.17) is 23.2 Å². The Hall–Kier alpha value is -1.70. The summed E-state index contributed by atoms with van der Waals surface area (Å²) in [6, 6.07) is 8.79. The molecule has 0 spiro atoms. The number of nitro groups is 1. The van der Waals surface area contributed by atoms with E-state index in [1.807, 2.05) is 0 Å². The van der Waals surface area contributed by atoms with E-state index >= 15 is 0 Å². The van der Waals surface area contributed by atoms with Gasteiger partial charge >= 0.3 is 0 Å². The minimum atomic E-state index is -0.602. The van der Waals surface area contributed by atoms with Crippen LogP contribution in [0.4, 0.5) is 15.8 Å². The Morgan fingerprint density at radius 2 is 1.89 bits per heavy atom. The highest BCUT2D eigenvalue weighted by atomic mass is 79.9. The fraction of sp³-hybridized carbons (Fsp3) is 0.278. The Labute approximate surface area is 173 Å². The molecule has 1 aliphatic rings. The zero-order valence-corrected chi connectivity index (χ0v) is 17.0. The average molecular weight is 476 g/mol. The third kappa shape index (κ3) is 4.10. The summed E-state index contributed by atoms with van der Waals surface area (Å²) < 4.78 is 14.1. The molecule has 2 atom stereocenters. The first-order valence-electron chi connectivity index (χ1n) is 8.12. The number of hydrogen-bond donors (Lipinski definition) is 0. The van der Waals surface area contributed by atoms with Crippen LogP contribution in [0.5, 0.6) is 0 Å². The van der Waals surface area contributed by atoms with E-state index in [1.165, 1.54) is 23.1 Å². The van der Waals surface area contributed by atoms with Gasteiger partial charge in [0.15, 0.2) is 0 Å². The molecule has 0 unspecified atom stereocenters. The summed E-state index contributed by atoms with van der Waals surface area (Å²) >= 11 is 15.9. The van der Waals surface area contributed by atoms with Gasteiger partial charge in [-0.2, -0.15) is 0 Å². The molecule has 9 heteroatoms. The van der Waals surface area contributed by atoms with Crippen LogP contribution in [0.25, 0.3) is 0 Å². The van der Waals surface area contributed by atoms with E-state index in [0.29, 0.717) is 12.0 Å². The van der Waals surface area contributed by atoms with Crippen molar-refractivity contribution in [3.8, 4) is 0 Å². The number of carbonyl (C=O) groups excluding carboxylic acids is 1. The van der Waals surface area contributed by atoms with Crippen LogP contribution in [0.1, 0.15) is 23.2 Å². The van der Waals surface area contributed by atoms with E-state index in [9.17, 15) is 19.3 Å². The van der Waals surface area contributed by atoms with Crippen molar-refractivity contribution < 1.29 is 14.1 Å². The quantitative estimate of drug-likeness (QED) is 0.313. The first-order valence-corrected chi connectivity index (χ1v) is 9.79. The Bertz CT molecular complexity index is 889. The van der Waals surface area contributed by atoms with Gasteiger partial charge in [-0.25, -0.2) is 4.39 Å². The number of non-ortho nitro benzene ring substituents is 1. The molecule has 1 amide bonds. The number of anilines is 1. The third-order valence-electron chi connectivity index (χ3n) is 4.55. The number of nitrogens with zero attached hydrogens (tertiary/aromatic N) is 2. The van der Waals surface area contributed by atoms with Crippen molar-refractivity contribution >= 4 is 56.4 Å². The van der Waals surface area contributed by atoms with Crippen molar-refractivity contribution in [1.29, 1.82) is 0 Å². The molecule has 0 aliphatic carbocycles. The summed E-state index contributed by atoms with van der Waals surface area (Å²) in [6.07, 6.45) is 0.812. The first-order chi connectivity index (χ1) is 12.8. The highest BCUT2D eigenvalue weighted by molar-refractivity contribution is 9.09. The predicted octanol–water partition coefficient (Wildman–Crippen LogP) is 5.92. The van der Waals surface area contributed by atoms with Crippen LogP contribution in [0.15, 0.2) is 36.4 Å². The summed E-state index contributed by atoms with van der Waals surface area (Å²) in [4.78, 5) is 24.0. The van der Waals surface area contributed by atoms with Gasteiger partial charge < -0.3 is 4.90 Å². The summed E-state index contributed by atoms with van der Waals surface area (Å²) in [6.45, 7) is 0.264. The van der Waals surface area contributed by atoms with Gasteiger partial charge in [0.1, 0.15) is 5.82 Å². The SMILES string of the molecule is O=C1CC[C@H]([C@@H](Br)c2ccccc2F)CN1c1c(Cl)cc([N+](=O)[O-])cc1Cl. The van der Waals surface area contributed by atoms with Crippen molar-refractivity contribution in [1.82, 2.24) is 0 Å². The van der Waals surface area contributed by atoms with Gasteiger partial charge in [-0.05, 0) is 18.4 Å². The zero-order chi connectivity index (χ0) is 19.7. The Balaban J connectivity index is 1.92. The molecule has 0 bridgehead atoms. The molecule has 2 aromatic carbocycles. The first kappa shape index (κ1) is 20.0. The van der Waals surface area contributed by atoms with Gasteiger partial charge in [-0.1, -0.05) is 57.3 Å². The monoisotopic (exact) mass is 474 g/mol. The Morgan fingerprint density at radius 1 is 1.26 bits per heavy atom. The molecule has 1 aliphatic heterocycles. The fourth-order valence-electron chi connectivity index (χ4n) is 3.19.